The van der Waals surface area contributed by atoms with Crippen LogP contribution >= 0.6 is 0 Å². The highest BCUT2D eigenvalue weighted by atomic mass is 16.3. The monoisotopic (exact) mass is 434 g/mol. The maximum Gasteiger partial charge on any atom is 0.222 e. The summed E-state index contributed by atoms with van der Waals surface area (Å²) in [4.78, 5) is 26.2. The van der Waals surface area contributed by atoms with Crippen LogP contribution in [0.4, 0.5) is 5.82 Å². The highest BCUT2D eigenvalue weighted by Crippen LogP contribution is 2.32. The first-order chi connectivity index (χ1) is 15.5. The molecule has 2 aromatic carbocycles. The van der Waals surface area contributed by atoms with E-state index < -0.39 is 0 Å². The van der Waals surface area contributed by atoms with Crippen LogP contribution in [-0.2, 0) is 4.79 Å². The van der Waals surface area contributed by atoms with Crippen LogP contribution < -0.4 is 4.90 Å². The molecule has 1 saturated heterocycles. The van der Waals surface area contributed by atoms with E-state index in [4.69, 9.17) is 9.97 Å². The van der Waals surface area contributed by atoms with Gasteiger partial charge in [-0.25, -0.2) is 9.97 Å². The van der Waals surface area contributed by atoms with Gasteiger partial charge < -0.3 is 20.0 Å². The van der Waals surface area contributed by atoms with Crippen molar-refractivity contribution in [1.29, 1.82) is 0 Å². The summed E-state index contributed by atoms with van der Waals surface area (Å²) in [5.74, 6) is 1.76. The lowest BCUT2D eigenvalue weighted by Crippen LogP contribution is -2.49. The summed E-state index contributed by atoms with van der Waals surface area (Å²) in [5, 5.41) is 20.5. The molecule has 3 aromatic rings. The van der Waals surface area contributed by atoms with Gasteiger partial charge in [0.15, 0.2) is 5.82 Å². The molecular formula is C25H30N4O3. The fraction of sp³-hybridized carbons (Fsp3) is 0.400. The average Bonchev–Trinajstić information content (AvgIpc) is 2.81. The lowest BCUT2D eigenvalue weighted by Gasteiger charge is -2.36. The maximum absolute atomic E-state index is 12.6. The van der Waals surface area contributed by atoms with Gasteiger partial charge in [-0.05, 0) is 49.1 Å². The van der Waals surface area contributed by atoms with Gasteiger partial charge in [0.05, 0.1) is 11.1 Å². The zero-order valence-corrected chi connectivity index (χ0v) is 18.7. The summed E-state index contributed by atoms with van der Waals surface area (Å²) in [6, 6.07) is 13.2. The zero-order valence-electron chi connectivity index (χ0n) is 18.7. The Balaban J connectivity index is 1.59. The number of hydrogen-bond acceptors (Lipinski definition) is 6. The first-order valence-electron chi connectivity index (χ1n) is 11.2. The molecule has 1 unspecified atom stereocenters. The van der Waals surface area contributed by atoms with Gasteiger partial charge in [0.2, 0.25) is 5.91 Å². The number of rotatable bonds is 6. The molecule has 0 saturated carbocycles. The van der Waals surface area contributed by atoms with Crippen LogP contribution in [0.5, 0.6) is 5.75 Å². The number of benzene rings is 2. The van der Waals surface area contributed by atoms with Crippen LogP contribution in [0.15, 0.2) is 42.5 Å². The maximum atomic E-state index is 12.6. The third kappa shape index (κ3) is 4.67. The molecule has 1 amide bonds. The Labute approximate surface area is 188 Å². The number of aromatic hydroxyl groups is 1. The molecule has 0 radical (unpaired) electrons. The van der Waals surface area contributed by atoms with Crippen LogP contribution in [0.1, 0.15) is 25.3 Å². The Morgan fingerprint density at radius 2 is 1.84 bits per heavy atom. The van der Waals surface area contributed by atoms with Gasteiger partial charge in [0.25, 0.3) is 0 Å². The number of anilines is 1. The number of carbonyl (C=O) groups is 1. The van der Waals surface area contributed by atoms with E-state index in [1.54, 1.807) is 12.1 Å². The topological polar surface area (TPSA) is 89.8 Å². The van der Waals surface area contributed by atoms with Gasteiger partial charge in [-0.2, -0.15) is 0 Å². The average molecular weight is 435 g/mol. The number of carbonyl (C=O) groups excluding carboxylic acids is 1. The number of aryl methyl sites for hydroxylation is 1. The van der Waals surface area contributed by atoms with Crippen LogP contribution in [0, 0.1) is 12.8 Å². The number of phenolic OH excluding ortho intramolecular Hbond substituents is 1. The van der Waals surface area contributed by atoms with Gasteiger partial charge >= 0.3 is 0 Å². The molecule has 1 aliphatic heterocycles. The summed E-state index contributed by atoms with van der Waals surface area (Å²) >= 11 is 0. The number of para-hydroxylation sites is 1. The molecule has 2 heterocycles. The summed E-state index contributed by atoms with van der Waals surface area (Å²) < 4.78 is 0. The Kier molecular flexibility index (Phi) is 6.55. The fourth-order valence-electron chi connectivity index (χ4n) is 4.03. The molecule has 0 spiro atoms. The number of hydrogen-bond donors (Lipinski definition) is 2. The Morgan fingerprint density at radius 3 is 2.56 bits per heavy atom. The lowest BCUT2D eigenvalue weighted by molar-refractivity contribution is -0.131. The smallest absolute Gasteiger partial charge is 0.222 e. The molecule has 1 fully saturated rings. The van der Waals surface area contributed by atoms with Gasteiger partial charge in [-0.3, -0.25) is 4.79 Å². The highest BCUT2D eigenvalue weighted by Gasteiger charge is 2.24. The Hall–Kier alpha value is -3.19. The quantitative estimate of drug-likeness (QED) is 0.618. The van der Waals surface area contributed by atoms with Gasteiger partial charge in [-0.15, -0.1) is 0 Å². The van der Waals surface area contributed by atoms with Crippen molar-refractivity contribution in [3.05, 3.63) is 48.0 Å². The third-order valence-electron chi connectivity index (χ3n) is 6.07. The minimum Gasteiger partial charge on any atom is -0.507 e. The predicted octanol–water partition coefficient (Wildman–Crippen LogP) is 3.37. The number of aliphatic hydroxyl groups is 1. The molecule has 1 aliphatic rings. The van der Waals surface area contributed by atoms with Crippen LogP contribution in [0.3, 0.4) is 0 Å². The molecule has 2 N–H and O–H groups in total. The van der Waals surface area contributed by atoms with Crippen molar-refractivity contribution in [3.8, 4) is 17.1 Å². The second-order valence-electron chi connectivity index (χ2n) is 8.60. The zero-order chi connectivity index (χ0) is 22.7. The Bertz CT molecular complexity index is 1110. The van der Waals surface area contributed by atoms with Crippen molar-refractivity contribution >= 4 is 22.6 Å². The summed E-state index contributed by atoms with van der Waals surface area (Å²) in [5.41, 5.74) is 2.55. The van der Waals surface area contributed by atoms with E-state index in [1.807, 2.05) is 43.0 Å². The number of amides is 1. The SMILES string of the molecule is Cc1ccc2c(N3CCN(C(=O)CCC(C)CO)CC3)nc(-c3ccccc3O)nc2c1. The van der Waals surface area contributed by atoms with Crippen molar-refractivity contribution < 1.29 is 15.0 Å². The van der Waals surface area contributed by atoms with E-state index >= 15 is 0 Å². The summed E-state index contributed by atoms with van der Waals surface area (Å²) in [6.07, 6.45) is 1.17. The molecular weight excluding hydrogens is 404 g/mol. The predicted molar refractivity (Wildman–Crippen MR) is 126 cm³/mol. The number of phenols is 1. The molecule has 7 heteroatoms. The van der Waals surface area contributed by atoms with Gasteiger partial charge in [0, 0.05) is 44.6 Å². The number of aliphatic hydroxyl groups excluding tert-OH is 1. The van der Waals surface area contributed by atoms with E-state index in [-0.39, 0.29) is 24.2 Å². The molecule has 32 heavy (non-hydrogen) atoms. The fourth-order valence-corrected chi connectivity index (χ4v) is 4.03. The number of aromatic nitrogens is 2. The highest BCUT2D eigenvalue weighted by molar-refractivity contribution is 5.92. The molecule has 0 bridgehead atoms. The van der Waals surface area contributed by atoms with Crippen LogP contribution in [0.25, 0.3) is 22.3 Å². The molecule has 0 aliphatic carbocycles. The Morgan fingerprint density at radius 1 is 1.09 bits per heavy atom. The lowest BCUT2D eigenvalue weighted by atomic mass is 10.1. The van der Waals surface area contributed by atoms with E-state index in [0.29, 0.717) is 50.4 Å². The van der Waals surface area contributed by atoms with Gasteiger partial charge in [0.1, 0.15) is 11.6 Å². The van der Waals surface area contributed by atoms with Crippen molar-refractivity contribution in [1.82, 2.24) is 14.9 Å². The van der Waals surface area contributed by atoms with Crippen molar-refractivity contribution in [2.75, 3.05) is 37.7 Å². The van der Waals surface area contributed by atoms with Crippen molar-refractivity contribution in [2.45, 2.75) is 26.7 Å². The molecule has 1 aromatic heterocycles. The molecule has 1 atom stereocenters. The number of piperazine rings is 1. The minimum atomic E-state index is 0.112. The second-order valence-corrected chi connectivity index (χ2v) is 8.60. The first-order valence-corrected chi connectivity index (χ1v) is 11.2. The standard InChI is InChI=1S/C25H30N4O3/c1-17-7-9-19-21(15-17)26-24(20-5-3-4-6-22(20)31)27-25(19)29-13-11-28(12-14-29)23(32)10-8-18(2)16-30/h3-7,9,15,18,30-31H,8,10-14,16H2,1-2H3. The number of fused-ring (bicyclic) bond motifs is 1. The van der Waals surface area contributed by atoms with Crippen LogP contribution in [-0.4, -0.2) is 63.8 Å². The summed E-state index contributed by atoms with van der Waals surface area (Å²) in [6.45, 7) is 6.73. The minimum absolute atomic E-state index is 0.112. The van der Waals surface area contributed by atoms with E-state index in [1.165, 1.54) is 0 Å². The summed E-state index contributed by atoms with van der Waals surface area (Å²) in [7, 11) is 0. The first kappa shape index (κ1) is 22.0. The van der Waals surface area contributed by atoms with Crippen molar-refractivity contribution in [3.63, 3.8) is 0 Å². The van der Waals surface area contributed by atoms with E-state index in [2.05, 4.69) is 11.0 Å². The molecule has 168 valence electrons. The normalized spacial score (nSPS) is 15.2. The van der Waals surface area contributed by atoms with Crippen molar-refractivity contribution in [2.24, 2.45) is 5.92 Å². The third-order valence-corrected chi connectivity index (χ3v) is 6.07. The van der Waals surface area contributed by atoms with E-state index in [9.17, 15) is 15.0 Å². The molecule has 7 nitrogen and oxygen atoms in total. The second kappa shape index (κ2) is 9.53. The largest absolute Gasteiger partial charge is 0.507 e. The van der Waals surface area contributed by atoms with E-state index in [0.717, 1.165) is 22.3 Å². The number of nitrogens with zero attached hydrogens (tertiary/aromatic N) is 4. The molecule has 4 rings (SSSR count). The van der Waals surface area contributed by atoms with Crippen LogP contribution in [0.2, 0.25) is 0 Å². The van der Waals surface area contributed by atoms with Gasteiger partial charge in [-0.1, -0.05) is 25.1 Å².